The van der Waals surface area contributed by atoms with Crippen molar-refractivity contribution in [2.75, 3.05) is 7.05 Å². The second-order valence-corrected chi connectivity index (χ2v) is 7.37. The molecule has 0 spiro atoms. The van der Waals surface area contributed by atoms with Crippen molar-refractivity contribution < 1.29 is 20.7 Å². The Morgan fingerprint density at radius 3 is 1.72 bits per heavy atom. The summed E-state index contributed by atoms with van der Waals surface area (Å²) in [6, 6.07) is 3.76. The predicted octanol–water partition coefficient (Wildman–Crippen LogP) is 1.37. The van der Waals surface area contributed by atoms with E-state index < -0.39 is 25.1 Å². The first-order valence-electron chi connectivity index (χ1n) is 5.09. The van der Waals surface area contributed by atoms with Crippen LogP contribution in [0.2, 0.25) is 0 Å². The zero-order valence-corrected chi connectivity index (χ0v) is 11.8. The van der Waals surface area contributed by atoms with Gasteiger partial charge >= 0.3 is 10.2 Å². The third-order valence-corrected chi connectivity index (χ3v) is 5.39. The maximum absolute atomic E-state index is 12.6. The van der Waals surface area contributed by atoms with Gasteiger partial charge in [-0.2, -0.15) is 12.7 Å². The molecule has 8 heteroatoms. The lowest BCUT2D eigenvalue weighted by atomic mass is 10.4. The molecule has 0 fully saturated rings. The van der Waals surface area contributed by atoms with Gasteiger partial charge in [0.1, 0.15) is 0 Å². The van der Waals surface area contributed by atoms with E-state index in [-0.39, 0.29) is 10.9 Å². The van der Waals surface area contributed by atoms with Crippen LogP contribution < -0.4 is 0 Å². The summed E-state index contributed by atoms with van der Waals surface area (Å²) < 4.78 is 59.0. The molecule has 0 bridgehead atoms. The molecule has 0 aliphatic heterocycles. The standard InChI is InChI=1S/C10H14FNO4S2/c1-8(2)12(3)18(15,16)10-6-4-9(5-7-10)17(11,13)14/h4-8H,1-3H3. The van der Waals surface area contributed by atoms with Crippen LogP contribution >= 0.6 is 0 Å². The zero-order valence-electron chi connectivity index (χ0n) is 10.2. The first kappa shape index (κ1) is 15.1. The van der Waals surface area contributed by atoms with Gasteiger partial charge in [0.25, 0.3) is 0 Å². The second kappa shape index (κ2) is 4.94. The number of sulfonamides is 1. The molecule has 1 rings (SSSR count). The molecule has 0 atom stereocenters. The van der Waals surface area contributed by atoms with Crippen molar-refractivity contribution in [1.29, 1.82) is 0 Å². The van der Waals surface area contributed by atoms with Gasteiger partial charge < -0.3 is 0 Å². The Bertz CT molecular complexity index is 620. The molecule has 1 aromatic rings. The number of benzene rings is 1. The van der Waals surface area contributed by atoms with E-state index >= 15 is 0 Å². The van der Waals surface area contributed by atoms with Gasteiger partial charge in [0.15, 0.2) is 0 Å². The summed E-state index contributed by atoms with van der Waals surface area (Å²) in [5, 5.41) is 0. The van der Waals surface area contributed by atoms with Crippen LogP contribution in [0.25, 0.3) is 0 Å². The summed E-state index contributed by atoms with van der Waals surface area (Å²) in [5.74, 6) is 0. The van der Waals surface area contributed by atoms with Crippen LogP contribution in [0.3, 0.4) is 0 Å². The Morgan fingerprint density at radius 1 is 1.00 bits per heavy atom. The van der Waals surface area contributed by atoms with Crippen LogP contribution in [0.4, 0.5) is 3.89 Å². The number of rotatable bonds is 4. The molecule has 0 amide bonds. The summed E-state index contributed by atoms with van der Waals surface area (Å²) in [6.07, 6.45) is 0. The number of hydrogen-bond donors (Lipinski definition) is 0. The van der Waals surface area contributed by atoms with Gasteiger partial charge in [0.2, 0.25) is 10.0 Å². The topological polar surface area (TPSA) is 71.5 Å². The van der Waals surface area contributed by atoms with Gasteiger partial charge in [0.05, 0.1) is 9.79 Å². The van der Waals surface area contributed by atoms with E-state index in [0.717, 1.165) is 28.6 Å². The molecular weight excluding hydrogens is 281 g/mol. The molecule has 0 N–H and O–H groups in total. The maximum Gasteiger partial charge on any atom is 0.332 e. The fourth-order valence-electron chi connectivity index (χ4n) is 1.22. The van der Waals surface area contributed by atoms with E-state index in [4.69, 9.17) is 0 Å². The van der Waals surface area contributed by atoms with E-state index in [1.165, 1.54) is 7.05 Å². The lowest BCUT2D eigenvalue weighted by molar-refractivity contribution is 0.410. The molecule has 0 saturated carbocycles. The van der Waals surface area contributed by atoms with E-state index in [1.807, 2.05) is 0 Å². The van der Waals surface area contributed by atoms with Crippen molar-refractivity contribution in [3.63, 3.8) is 0 Å². The van der Waals surface area contributed by atoms with Crippen LogP contribution in [0, 0.1) is 0 Å². The molecule has 0 saturated heterocycles. The van der Waals surface area contributed by atoms with Gasteiger partial charge in [-0.05, 0) is 38.1 Å². The van der Waals surface area contributed by atoms with Crippen LogP contribution in [0.5, 0.6) is 0 Å². The van der Waals surface area contributed by atoms with Gasteiger partial charge in [-0.1, -0.05) is 0 Å². The Morgan fingerprint density at radius 2 is 1.39 bits per heavy atom. The Hall–Kier alpha value is -0.990. The third kappa shape index (κ3) is 3.06. The fraction of sp³-hybridized carbons (Fsp3) is 0.400. The fourth-order valence-corrected chi connectivity index (χ4v) is 3.05. The van der Waals surface area contributed by atoms with Crippen molar-refractivity contribution in [1.82, 2.24) is 4.31 Å². The highest BCUT2D eigenvalue weighted by Gasteiger charge is 2.23. The summed E-state index contributed by atoms with van der Waals surface area (Å²) in [6.45, 7) is 3.41. The monoisotopic (exact) mass is 295 g/mol. The number of nitrogens with zero attached hydrogens (tertiary/aromatic N) is 1. The smallest absolute Gasteiger partial charge is 0.207 e. The average Bonchev–Trinajstić information content (AvgIpc) is 2.26. The van der Waals surface area contributed by atoms with Crippen LogP contribution in [-0.4, -0.2) is 34.2 Å². The number of hydrogen-bond acceptors (Lipinski definition) is 4. The molecular formula is C10H14FNO4S2. The molecule has 18 heavy (non-hydrogen) atoms. The van der Waals surface area contributed by atoms with Crippen molar-refractivity contribution in [2.24, 2.45) is 0 Å². The molecule has 0 aromatic heterocycles. The van der Waals surface area contributed by atoms with E-state index in [9.17, 15) is 20.7 Å². The minimum absolute atomic E-state index is 0.0777. The quantitative estimate of drug-likeness (QED) is 0.787. The van der Waals surface area contributed by atoms with Crippen LogP contribution in [-0.2, 0) is 20.2 Å². The van der Waals surface area contributed by atoms with E-state index in [0.29, 0.717) is 0 Å². The summed E-state index contributed by atoms with van der Waals surface area (Å²) in [4.78, 5) is -0.639. The lowest BCUT2D eigenvalue weighted by Gasteiger charge is -2.20. The van der Waals surface area contributed by atoms with Crippen molar-refractivity contribution >= 4 is 20.2 Å². The largest absolute Gasteiger partial charge is 0.332 e. The predicted molar refractivity (Wildman–Crippen MR) is 64.8 cm³/mol. The van der Waals surface area contributed by atoms with E-state index in [2.05, 4.69) is 0 Å². The molecule has 102 valence electrons. The van der Waals surface area contributed by atoms with E-state index in [1.54, 1.807) is 13.8 Å². The lowest BCUT2D eigenvalue weighted by Crippen LogP contribution is -2.33. The summed E-state index contributed by atoms with van der Waals surface area (Å²) in [5.41, 5.74) is 0. The molecule has 0 radical (unpaired) electrons. The van der Waals surface area contributed by atoms with Crippen LogP contribution in [0.1, 0.15) is 13.8 Å². The maximum atomic E-state index is 12.6. The summed E-state index contributed by atoms with van der Waals surface area (Å²) >= 11 is 0. The first-order chi connectivity index (χ1) is 8.06. The molecule has 0 aliphatic rings. The Balaban J connectivity index is 3.22. The van der Waals surface area contributed by atoms with Gasteiger partial charge in [-0.15, -0.1) is 3.89 Å². The average molecular weight is 295 g/mol. The highest BCUT2D eigenvalue weighted by atomic mass is 32.3. The second-order valence-electron chi connectivity index (χ2n) is 4.02. The SMILES string of the molecule is CC(C)N(C)S(=O)(=O)c1ccc(S(=O)(=O)F)cc1. The molecule has 0 heterocycles. The van der Waals surface area contributed by atoms with Gasteiger partial charge in [-0.25, -0.2) is 8.42 Å². The third-order valence-electron chi connectivity index (χ3n) is 2.51. The van der Waals surface area contributed by atoms with Gasteiger partial charge in [0, 0.05) is 13.1 Å². The first-order valence-corrected chi connectivity index (χ1v) is 7.92. The molecule has 0 unspecified atom stereocenters. The van der Waals surface area contributed by atoms with Crippen molar-refractivity contribution in [3.8, 4) is 0 Å². The normalized spacial score (nSPS) is 13.2. The highest BCUT2D eigenvalue weighted by Crippen LogP contribution is 2.19. The van der Waals surface area contributed by atoms with Gasteiger partial charge in [-0.3, -0.25) is 0 Å². The van der Waals surface area contributed by atoms with Crippen molar-refractivity contribution in [2.45, 2.75) is 29.7 Å². The van der Waals surface area contributed by atoms with Crippen LogP contribution in [0.15, 0.2) is 34.1 Å². The minimum atomic E-state index is -4.81. The zero-order chi connectivity index (χ0) is 14.1. The molecule has 0 aliphatic carbocycles. The Labute approximate surface area is 106 Å². The highest BCUT2D eigenvalue weighted by molar-refractivity contribution is 7.89. The number of halogens is 1. The Kier molecular flexibility index (Phi) is 4.14. The van der Waals surface area contributed by atoms with Crippen molar-refractivity contribution in [3.05, 3.63) is 24.3 Å². The molecule has 1 aromatic carbocycles. The summed E-state index contributed by atoms with van der Waals surface area (Å²) in [7, 11) is -7.08. The minimum Gasteiger partial charge on any atom is -0.207 e. The molecule has 5 nitrogen and oxygen atoms in total.